The number of carbonyl (C=O) groups excluding carboxylic acids is 2. The zero-order valence-corrected chi connectivity index (χ0v) is 26.0. The van der Waals surface area contributed by atoms with E-state index in [1.807, 2.05) is 69.5 Å². The average Bonchev–Trinajstić information content (AvgIpc) is 3.53. The molecule has 2 aliphatic heterocycles. The maximum atomic E-state index is 14.6. The van der Waals surface area contributed by atoms with Gasteiger partial charge in [0.05, 0.1) is 24.1 Å². The van der Waals surface area contributed by atoms with Crippen LogP contribution in [0.2, 0.25) is 10.0 Å². The first-order chi connectivity index (χ1) is 19.9. The highest BCUT2D eigenvalue weighted by Crippen LogP contribution is 2.55. The average molecular weight is 605 g/mol. The number of ether oxygens (including phenoxy) is 1. The molecule has 2 aliphatic rings. The van der Waals surface area contributed by atoms with Crippen molar-refractivity contribution < 1.29 is 14.3 Å². The molecule has 1 N–H and O–H groups in total. The molecule has 3 aromatic carbocycles. The summed E-state index contributed by atoms with van der Waals surface area (Å²) in [6.07, 6.45) is 0. The van der Waals surface area contributed by atoms with Crippen LogP contribution in [0.5, 0.6) is 5.75 Å². The Balaban J connectivity index is 1.73. The van der Waals surface area contributed by atoms with Crippen LogP contribution in [-0.2, 0) is 10.3 Å². The molecule has 0 bridgehead atoms. The lowest BCUT2D eigenvalue weighted by Crippen LogP contribution is -2.51. The number of hydrogen-bond donors (Lipinski definition) is 1. The first kappa shape index (κ1) is 28.1. The lowest BCUT2D eigenvalue weighted by atomic mass is 9.86. The maximum Gasteiger partial charge on any atom is 0.280 e. The summed E-state index contributed by atoms with van der Waals surface area (Å²) in [5.41, 5.74) is 4.37. The summed E-state index contributed by atoms with van der Waals surface area (Å²) < 4.78 is 7.84. The van der Waals surface area contributed by atoms with Crippen molar-refractivity contribution in [3.05, 3.63) is 86.7 Å². The number of hydrogen-bond acceptors (Lipinski definition) is 5. The van der Waals surface area contributed by atoms with Gasteiger partial charge in [-0.1, -0.05) is 35.3 Å². The smallest absolute Gasteiger partial charge is 0.280 e. The van der Waals surface area contributed by atoms with Crippen LogP contribution < -0.4 is 19.9 Å². The number of imidazole rings is 1. The number of carbonyl (C=O) groups is 2. The summed E-state index contributed by atoms with van der Waals surface area (Å²) in [7, 11) is 5.56. The van der Waals surface area contributed by atoms with Crippen molar-refractivity contribution in [2.75, 3.05) is 36.3 Å². The third-order valence-corrected chi connectivity index (χ3v) is 8.58. The summed E-state index contributed by atoms with van der Waals surface area (Å²) in [6.45, 7) is 7.94. The molecule has 0 saturated heterocycles. The van der Waals surface area contributed by atoms with Crippen LogP contribution in [0.1, 0.15) is 52.8 Å². The fraction of sp³-hybridized carbons (Fsp3) is 0.281. The SMILES string of the molecule is COc1cc(N(C)C)c(C)cc1-c1nc2c(n1C(C)C)[C@@]1(C(=O)Nc3cc(Cl)ccc31)N(c1cc(Cl)ccc1C)C2=O. The van der Waals surface area contributed by atoms with E-state index in [0.29, 0.717) is 44.3 Å². The Morgan fingerprint density at radius 2 is 1.67 bits per heavy atom. The Morgan fingerprint density at radius 3 is 2.33 bits per heavy atom. The molecular weight excluding hydrogens is 573 g/mol. The van der Waals surface area contributed by atoms with Gasteiger partial charge in [-0.2, -0.15) is 0 Å². The molecule has 0 unspecified atom stereocenters. The maximum absolute atomic E-state index is 14.6. The van der Waals surface area contributed by atoms with E-state index < -0.39 is 11.4 Å². The van der Waals surface area contributed by atoms with E-state index in [0.717, 1.165) is 22.4 Å². The predicted octanol–water partition coefficient (Wildman–Crippen LogP) is 6.99. The molecule has 0 radical (unpaired) electrons. The summed E-state index contributed by atoms with van der Waals surface area (Å²) >= 11 is 12.8. The van der Waals surface area contributed by atoms with E-state index in [-0.39, 0.29) is 17.6 Å². The Morgan fingerprint density at radius 1 is 0.976 bits per heavy atom. The van der Waals surface area contributed by atoms with E-state index in [4.69, 9.17) is 32.9 Å². The van der Waals surface area contributed by atoms with E-state index in [1.165, 1.54) is 0 Å². The van der Waals surface area contributed by atoms with Gasteiger partial charge >= 0.3 is 0 Å². The van der Waals surface area contributed by atoms with Gasteiger partial charge in [0.25, 0.3) is 11.8 Å². The van der Waals surface area contributed by atoms with Crippen LogP contribution >= 0.6 is 23.2 Å². The highest BCUT2D eigenvalue weighted by atomic mass is 35.5. The highest BCUT2D eigenvalue weighted by Gasteiger charge is 2.64. The molecule has 0 fully saturated rings. The van der Waals surface area contributed by atoms with Gasteiger partial charge in [0.15, 0.2) is 11.2 Å². The Hall–Kier alpha value is -4.01. The number of nitrogens with zero attached hydrogens (tertiary/aromatic N) is 4. The molecular formula is C32H31Cl2N5O3. The molecule has 8 nitrogen and oxygen atoms in total. The number of aromatic nitrogens is 2. The molecule has 4 aromatic rings. The predicted molar refractivity (Wildman–Crippen MR) is 168 cm³/mol. The van der Waals surface area contributed by atoms with Crippen molar-refractivity contribution in [2.45, 2.75) is 39.3 Å². The molecule has 6 rings (SSSR count). The van der Waals surface area contributed by atoms with Crippen molar-refractivity contribution in [1.29, 1.82) is 0 Å². The first-order valence-corrected chi connectivity index (χ1v) is 14.4. The Bertz CT molecular complexity index is 1810. The van der Waals surface area contributed by atoms with E-state index in [9.17, 15) is 9.59 Å². The second kappa shape index (κ2) is 9.78. The van der Waals surface area contributed by atoms with E-state index >= 15 is 0 Å². The fourth-order valence-corrected chi connectivity index (χ4v) is 6.67. The molecule has 1 aromatic heterocycles. The van der Waals surface area contributed by atoms with Crippen molar-refractivity contribution in [1.82, 2.24) is 9.55 Å². The third kappa shape index (κ3) is 3.78. The highest BCUT2D eigenvalue weighted by molar-refractivity contribution is 6.32. The second-order valence-electron chi connectivity index (χ2n) is 11.3. The van der Waals surface area contributed by atoms with E-state index in [2.05, 4.69) is 5.32 Å². The van der Waals surface area contributed by atoms with Gasteiger partial charge in [-0.05, 0) is 69.2 Å². The van der Waals surface area contributed by atoms with Crippen LogP contribution in [0.3, 0.4) is 0 Å². The monoisotopic (exact) mass is 603 g/mol. The number of amides is 2. The van der Waals surface area contributed by atoms with Gasteiger partial charge in [0.1, 0.15) is 11.6 Å². The quantitative estimate of drug-likeness (QED) is 0.266. The Labute approximate surface area is 254 Å². The zero-order valence-electron chi connectivity index (χ0n) is 24.5. The normalized spacial score (nSPS) is 17.2. The van der Waals surface area contributed by atoms with Gasteiger partial charge in [-0.15, -0.1) is 0 Å². The lowest BCUT2D eigenvalue weighted by molar-refractivity contribution is -0.119. The first-order valence-electron chi connectivity index (χ1n) is 13.6. The summed E-state index contributed by atoms with van der Waals surface area (Å²) in [5, 5.41) is 3.93. The third-order valence-electron chi connectivity index (χ3n) is 8.11. The summed E-state index contributed by atoms with van der Waals surface area (Å²) in [6, 6.07) is 14.4. The number of anilines is 3. The number of methoxy groups -OCH3 is 1. The van der Waals surface area contributed by atoms with Crippen molar-refractivity contribution in [3.63, 3.8) is 0 Å². The molecule has 216 valence electrons. The molecule has 2 amide bonds. The zero-order chi connectivity index (χ0) is 30.2. The lowest BCUT2D eigenvalue weighted by Gasteiger charge is -2.36. The van der Waals surface area contributed by atoms with Crippen LogP contribution in [0.25, 0.3) is 11.4 Å². The molecule has 42 heavy (non-hydrogen) atoms. The van der Waals surface area contributed by atoms with Crippen molar-refractivity contribution in [2.24, 2.45) is 0 Å². The second-order valence-corrected chi connectivity index (χ2v) is 12.1. The minimum absolute atomic E-state index is 0.177. The van der Waals surface area contributed by atoms with Gasteiger partial charge in [-0.25, -0.2) is 4.98 Å². The number of rotatable bonds is 5. The standard InChI is InChI=1S/C32H31Cl2N5O3/c1-16(2)38-28-27(36-29(38)21-12-18(4)24(37(5)6)15-26(21)42-7)30(40)39(25-14-20(34)9-8-17(25)3)32(28)22-11-10-19(33)13-23(22)35-31(32)41/h8-16H,1-7H3,(H,35,41)/t32-/m0/s1. The van der Waals surface area contributed by atoms with Crippen LogP contribution in [0, 0.1) is 13.8 Å². The van der Waals surface area contributed by atoms with Gasteiger partial charge in [0.2, 0.25) is 0 Å². The summed E-state index contributed by atoms with van der Waals surface area (Å²) in [4.78, 5) is 37.6. The molecule has 1 spiro atoms. The van der Waals surface area contributed by atoms with E-state index in [1.54, 1.807) is 42.3 Å². The topological polar surface area (TPSA) is 79.7 Å². The van der Waals surface area contributed by atoms with Crippen LogP contribution in [0.4, 0.5) is 17.1 Å². The summed E-state index contributed by atoms with van der Waals surface area (Å²) in [5.74, 6) is 0.396. The number of fused-ring (bicyclic) bond motifs is 4. The Kier molecular flexibility index (Phi) is 6.55. The number of benzene rings is 3. The largest absolute Gasteiger partial charge is 0.496 e. The molecule has 10 heteroatoms. The molecule has 0 aliphatic carbocycles. The molecule has 3 heterocycles. The van der Waals surface area contributed by atoms with Crippen molar-refractivity contribution in [3.8, 4) is 17.1 Å². The van der Waals surface area contributed by atoms with Gasteiger partial charge in [-0.3, -0.25) is 14.5 Å². The van der Waals surface area contributed by atoms with Crippen LogP contribution in [-0.4, -0.2) is 42.6 Å². The molecule has 1 atom stereocenters. The van der Waals surface area contributed by atoms with Crippen molar-refractivity contribution >= 4 is 52.1 Å². The minimum atomic E-state index is -1.55. The molecule has 0 saturated carbocycles. The fourth-order valence-electron chi connectivity index (χ4n) is 6.33. The minimum Gasteiger partial charge on any atom is -0.496 e. The number of nitrogens with one attached hydrogen (secondary N) is 1. The van der Waals surface area contributed by atoms with Gasteiger partial charge in [0, 0.05) is 53.2 Å². The number of halogens is 2. The van der Waals surface area contributed by atoms with Crippen LogP contribution in [0.15, 0.2) is 48.5 Å². The van der Waals surface area contributed by atoms with Gasteiger partial charge < -0.3 is 19.5 Å². The number of aryl methyl sites for hydroxylation is 2.